The fraction of sp³-hybridized carbons (Fsp3) is 0.350. The quantitative estimate of drug-likeness (QED) is 0.786. The maximum absolute atomic E-state index is 12.3. The summed E-state index contributed by atoms with van der Waals surface area (Å²) < 4.78 is 0. The van der Waals surface area contributed by atoms with Crippen molar-refractivity contribution >= 4 is 5.78 Å². The summed E-state index contributed by atoms with van der Waals surface area (Å²) in [5.74, 6) is -0.634. The molecule has 3 nitrogen and oxygen atoms in total. The van der Waals surface area contributed by atoms with E-state index in [9.17, 15) is 15.0 Å². The number of carbonyl (C=O) groups excluding carboxylic acids is 1. The monoisotopic (exact) mass is 312 g/mol. The van der Waals surface area contributed by atoms with Gasteiger partial charge in [-0.1, -0.05) is 67.6 Å². The molecule has 0 radical (unpaired) electrons. The first-order valence-corrected chi connectivity index (χ1v) is 8.05. The average molecular weight is 312 g/mol. The van der Waals surface area contributed by atoms with E-state index in [-0.39, 0.29) is 12.2 Å². The summed E-state index contributed by atoms with van der Waals surface area (Å²) in [4.78, 5) is 12.3. The largest absolute Gasteiger partial charge is 0.393 e. The van der Waals surface area contributed by atoms with Crippen LogP contribution in [-0.2, 0) is 11.2 Å². The molecule has 0 amide bonds. The van der Waals surface area contributed by atoms with Crippen LogP contribution in [-0.4, -0.2) is 22.1 Å². The van der Waals surface area contributed by atoms with Gasteiger partial charge in [0.05, 0.1) is 12.2 Å². The van der Waals surface area contributed by atoms with Gasteiger partial charge >= 0.3 is 0 Å². The SMILES string of the molecule is CC(C(=O)CC(O)CCc1ccccc1)C(O)c1ccccc1. The molecule has 0 aliphatic rings. The number of carbonyl (C=O) groups is 1. The summed E-state index contributed by atoms with van der Waals surface area (Å²) in [6.45, 7) is 1.71. The summed E-state index contributed by atoms with van der Waals surface area (Å²) >= 11 is 0. The van der Waals surface area contributed by atoms with E-state index in [1.54, 1.807) is 19.1 Å². The minimum Gasteiger partial charge on any atom is -0.393 e. The highest BCUT2D eigenvalue weighted by atomic mass is 16.3. The first kappa shape index (κ1) is 17.4. The van der Waals surface area contributed by atoms with Gasteiger partial charge < -0.3 is 10.2 Å². The molecule has 2 rings (SSSR count). The molecule has 0 spiro atoms. The van der Waals surface area contributed by atoms with E-state index >= 15 is 0 Å². The molecule has 0 saturated heterocycles. The van der Waals surface area contributed by atoms with Crippen molar-refractivity contribution in [2.24, 2.45) is 5.92 Å². The van der Waals surface area contributed by atoms with Crippen LogP contribution in [0.4, 0.5) is 0 Å². The fourth-order valence-electron chi connectivity index (χ4n) is 2.61. The van der Waals surface area contributed by atoms with Gasteiger partial charge in [-0.2, -0.15) is 0 Å². The second-order valence-corrected chi connectivity index (χ2v) is 5.99. The molecule has 0 fully saturated rings. The van der Waals surface area contributed by atoms with E-state index < -0.39 is 18.1 Å². The van der Waals surface area contributed by atoms with Gasteiger partial charge in [0.15, 0.2) is 0 Å². The van der Waals surface area contributed by atoms with Crippen LogP contribution in [0.3, 0.4) is 0 Å². The molecule has 0 heterocycles. The van der Waals surface area contributed by atoms with Gasteiger partial charge in [0.1, 0.15) is 5.78 Å². The molecule has 2 N–H and O–H groups in total. The summed E-state index contributed by atoms with van der Waals surface area (Å²) in [6.07, 6.45) is -0.134. The van der Waals surface area contributed by atoms with E-state index in [0.717, 1.165) is 17.5 Å². The Morgan fingerprint density at radius 2 is 1.52 bits per heavy atom. The Labute approximate surface area is 137 Å². The molecule has 3 heteroatoms. The molecular weight excluding hydrogens is 288 g/mol. The summed E-state index contributed by atoms with van der Waals surface area (Å²) in [5.41, 5.74) is 1.88. The molecule has 23 heavy (non-hydrogen) atoms. The molecular formula is C20H24O3. The van der Waals surface area contributed by atoms with E-state index in [0.29, 0.717) is 6.42 Å². The number of benzene rings is 2. The normalized spacial score (nSPS) is 14.9. The van der Waals surface area contributed by atoms with Crippen molar-refractivity contribution in [3.63, 3.8) is 0 Å². The van der Waals surface area contributed by atoms with Crippen LogP contribution >= 0.6 is 0 Å². The Morgan fingerprint density at radius 3 is 2.13 bits per heavy atom. The Balaban J connectivity index is 1.83. The first-order chi connectivity index (χ1) is 11.1. The van der Waals surface area contributed by atoms with Crippen LogP contribution in [0.1, 0.15) is 37.0 Å². The van der Waals surface area contributed by atoms with Crippen LogP contribution in [0.5, 0.6) is 0 Å². The van der Waals surface area contributed by atoms with E-state index in [2.05, 4.69) is 0 Å². The summed E-state index contributed by atoms with van der Waals surface area (Å²) in [5, 5.41) is 20.4. The van der Waals surface area contributed by atoms with Crippen molar-refractivity contribution < 1.29 is 15.0 Å². The molecule has 3 atom stereocenters. The smallest absolute Gasteiger partial charge is 0.141 e. The number of aryl methyl sites for hydroxylation is 1. The summed E-state index contributed by atoms with van der Waals surface area (Å²) in [6, 6.07) is 19.1. The molecule has 2 aromatic rings. The van der Waals surface area contributed by atoms with Crippen molar-refractivity contribution in [2.45, 2.75) is 38.4 Å². The standard InChI is InChI=1S/C20H24O3/c1-15(20(23)17-10-6-3-7-11-17)19(22)14-18(21)13-12-16-8-4-2-5-9-16/h2-11,15,18,20-21,23H,12-14H2,1H3. The number of aliphatic hydroxyl groups is 2. The highest BCUT2D eigenvalue weighted by molar-refractivity contribution is 5.81. The van der Waals surface area contributed by atoms with Gasteiger partial charge in [0.25, 0.3) is 0 Å². The van der Waals surface area contributed by atoms with E-state index in [1.807, 2.05) is 48.5 Å². The minimum absolute atomic E-state index is 0.0812. The van der Waals surface area contributed by atoms with Crippen molar-refractivity contribution in [3.8, 4) is 0 Å². The van der Waals surface area contributed by atoms with Crippen molar-refractivity contribution in [1.82, 2.24) is 0 Å². The number of hydrogen-bond acceptors (Lipinski definition) is 3. The zero-order valence-electron chi connectivity index (χ0n) is 13.4. The second-order valence-electron chi connectivity index (χ2n) is 5.99. The Morgan fingerprint density at radius 1 is 0.957 bits per heavy atom. The van der Waals surface area contributed by atoms with Crippen LogP contribution in [0.2, 0.25) is 0 Å². The third-order valence-corrected chi connectivity index (χ3v) is 4.17. The number of Topliss-reactive ketones (excluding diaryl/α,β-unsaturated/α-hetero) is 1. The molecule has 0 bridgehead atoms. The molecule has 122 valence electrons. The third kappa shape index (κ3) is 5.31. The highest BCUT2D eigenvalue weighted by Crippen LogP contribution is 2.24. The predicted molar refractivity (Wildman–Crippen MR) is 91.0 cm³/mol. The van der Waals surface area contributed by atoms with Gasteiger partial charge in [-0.15, -0.1) is 0 Å². The molecule has 3 unspecified atom stereocenters. The maximum Gasteiger partial charge on any atom is 0.141 e. The molecule has 0 aromatic heterocycles. The maximum atomic E-state index is 12.3. The highest BCUT2D eigenvalue weighted by Gasteiger charge is 2.24. The lowest BCUT2D eigenvalue weighted by molar-refractivity contribution is -0.127. The fourth-order valence-corrected chi connectivity index (χ4v) is 2.61. The molecule has 0 aliphatic heterocycles. The molecule has 2 aromatic carbocycles. The van der Waals surface area contributed by atoms with Gasteiger partial charge in [0.2, 0.25) is 0 Å². The predicted octanol–water partition coefficient (Wildman–Crippen LogP) is 3.31. The Bertz CT molecular complexity index is 595. The Hall–Kier alpha value is -1.97. The number of rotatable bonds is 8. The van der Waals surface area contributed by atoms with Crippen LogP contribution < -0.4 is 0 Å². The van der Waals surface area contributed by atoms with Gasteiger partial charge in [-0.25, -0.2) is 0 Å². The lowest BCUT2D eigenvalue weighted by atomic mass is 9.90. The molecule has 0 saturated carbocycles. The third-order valence-electron chi connectivity index (χ3n) is 4.17. The van der Waals surface area contributed by atoms with Crippen LogP contribution in [0, 0.1) is 5.92 Å². The average Bonchev–Trinajstić information content (AvgIpc) is 2.60. The lowest BCUT2D eigenvalue weighted by Gasteiger charge is -2.19. The summed E-state index contributed by atoms with van der Waals surface area (Å²) in [7, 11) is 0. The first-order valence-electron chi connectivity index (χ1n) is 8.05. The van der Waals surface area contributed by atoms with Crippen molar-refractivity contribution in [3.05, 3.63) is 71.8 Å². The number of hydrogen-bond donors (Lipinski definition) is 2. The zero-order valence-corrected chi connectivity index (χ0v) is 13.4. The zero-order chi connectivity index (χ0) is 16.7. The van der Waals surface area contributed by atoms with Crippen LogP contribution in [0.25, 0.3) is 0 Å². The number of aliphatic hydroxyl groups excluding tert-OH is 2. The Kier molecular flexibility index (Phi) is 6.51. The molecule has 0 aliphatic carbocycles. The van der Waals surface area contributed by atoms with Crippen molar-refractivity contribution in [2.75, 3.05) is 0 Å². The van der Waals surface area contributed by atoms with Gasteiger partial charge in [-0.3, -0.25) is 4.79 Å². The van der Waals surface area contributed by atoms with Crippen LogP contribution in [0.15, 0.2) is 60.7 Å². The minimum atomic E-state index is -0.829. The number of ketones is 1. The van der Waals surface area contributed by atoms with Crippen molar-refractivity contribution in [1.29, 1.82) is 0 Å². The topological polar surface area (TPSA) is 57.5 Å². The second kappa shape index (κ2) is 8.61. The van der Waals surface area contributed by atoms with E-state index in [1.165, 1.54) is 0 Å². The lowest BCUT2D eigenvalue weighted by Crippen LogP contribution is -2.24. The van der Waals surface area contributed by atoms with Gasteiger partial charge in [-0.05, 0) is 24.0 Å². The van der Waals surface area contributed by atoms with Gasteiger partial charge in [0, 0.05) is 12.3 Å². The van der Waals surface area contributed by atoms with E-state index in [4.69, 9.17) is 0 Å².